The molecule has 1 saturated carbocycles. The summed E-state index contributed by atoms with van der Waals surface area (Å²) in [6.07, 6.45) is 7.77. The molecule has 1 aliphatic rings. The van der Waals surface area contributed by atoms with Crippen molar-refractivity contribution in [2.75, 3.05) is 14.2 Å². The maximum Gasteiger partial charge on any atom is 0.161 e. The van der Waals surface area contributed by atoms with Crippen molar-refractivity contribution < 1.29 is 9.47 Å². The van der Waals surface area contributed by atoms with Gasteiger partial charge < -0.3 is 15.2 Å². The monoisotopic (exact) mass is 341 g/mol. The van der Waals surface area contributed by atoms with Gasteiger partial charge >= 0.3 is 0 Å². The number of ether oxygens (including phenoxy) is 2. The van der Waals surface area contributed by atoms with Gasteiger partial charge in [0.25, 0.3) is 0 Å². The second-order valence-electron chi connectivity index (χ2n) is 5.57. The van der Waals surface area contributed by atoms with E-state index in [4.69, 9.17) is 15.2 Å². The predicted octanol–water partition coefficient (Wildman–Crippen LogP) is 4.44. The lowest BCUT2D eigenvalue weighted by molar-refractivity contribution is 0.318. The van der Waals surface area contributed by atoms with Crippen LogP contribution in [-0.2, 0) is 0 Å². The average Bonchev–Trinajstić information content (AvgIpc) is 2.47. The summed E-state index contributed by atoms with van der Waals surface area (Å²) in [6.45, 7) is 0. The largest absolute Gasteiger partial charge is 0.493 e. The third-order valence-electron chi connectivity index (χ3n) is 4.21. The molecule has 1 atom stereocenters. The zero-order chi connectivity index (χ0) is 14.5. The molecule has 0 heterocycles. The second kappa shape index (κ2) is 7.32. The second-order valence-corrected chi connectivity index (χ2v) is 6.43. The molecule has 1 aromatic carbocycles. The van der Waals surface area contributed by atoms with Gasteiger partial charge in [0, 0.05) is 10.5 Å². The Bertz CT molecular complexity index is 444. The van der Waals surface area contributed by atoms with Crippen LogP contribution in [0.3, 0.4) is 0 Å². The van der Waals surface area contributed by atoms with E-state index in [0.717, 1.165) is 33.9 Å². The SMILES string of the molecule is COc1cc(Br)c(C(N)CC2CCCCC2)cc1OC. The first kappa shape index (κ1) is 15.6. The Kier molecular flexibility index (Phi) is 5.73. The molecule has 0 spiro atoms. The van der Waals surface area contributed by atoms with Crippen molar-refractivity contribution in [3.05, 3.63) is 22.2 Å². The van der Waals surface area contributed by atoms with E-state index in [2.05, 4.69) is 15.9 Å². The van der Waals surface area contributed by atoms with E-state index in [-0.39, 0.29) is 6.04 Å². The van der Waals surface area contributed by atoms with Gasteiger partial charge in [0.05, 0.1) is 14.2 Å². The van der Waals surface area contributed by atoms with Crippen LogP contribution < -0.4 is 15.2 Å². The smallest absolute Gasteiger partial charge is 0.161 e. The first-order valence-electron chi connectivity index (χ1n) is 7.32. The summed E-state index contributed by atoms with van der Waals surface area (Å²) in [4.78, 5) is 0. The predicted molar refractivity (Wildman–Crippen MR) is 85.4 cm³/mol. The van der Waals surface area contributed by atoms with Crippen LogP contribution in [0.1, 0.15) is 50.1 Å². The Morgan fingerprint density at radius 3 is 2.35 bits per heavy atom. The molecular weight excluding hydrogens is 318 g/mol. The fourth-order valence-corrected chi connectivity index (χ4v) is 3.68. The van der Waals surface area contributed by atoms with Gasteiger partial charge in [-0.2, -0.15) is 0 Å². The maximum atomic E-state index is 6.42. The van der Waals surface area contributed by atoms with Crippen LogP contribution in [-0.4, -0.2) is 14.2 Å². The van der Waals surface area contributed by atoms with Crippen LogP contribution in [0.4, 0.5) is 0 Å². The van der Waals surface area contributed by atoms with E-state index in [1.807, 2.05) is 12.1 Å². The molecule has 1 unspecified atom stereocenters. The molecule has 0 bridgehead atoms. The van der Waals surface area contributed by atoms with E-state index in [1.54, 1.807) is 14.2 Å². The zero-order valence-corrected chi connectivity index (χ0v) is 13.9. The molecule has 0 aromatic heterocycles. The number of rotatable bonds is 5. The number of nitrogens with two attached hydrogens (primary N) is 1. The molecule has 1 fully saturated rings. The van der Waals surface area contributed by atoms with Gasteiger partial charge in [-0.25, -0.2) is 0 Å². The van der Waals surface area contributed by atoms with Gasteiger partial charge in [0.2, 0.25) is 0 Å². The lowest BCUT2D eigenvalue weighted by Crippen LogP contribution is -2.18. The van der Waals surface area contributed by atoms with E-state index in [9.17, 15) is 0 Å². The summed E-state index contributed by atoms with van der Waals surface area (Å²) < 4.78 is 11.7. The lowest BCUT2D eigenvalue weighted by atomic mass is 9.83. The van der Waals surface area contributed by atoms with Crippen molar-refractivity contribution >= 4 is 15.9 Å². The molecular formula is C16H24BrNO2. The highest BCUT2D eigenvalue weighted by atomic mass is 79.9. The zero-order valence-electron chi connectivity index (χ0n) is 12.3. The Hall–Kier alpha value is -0.740. The topological polar surface area (TPSA) is 44.5 Å². The summed E-state index contributed by atoms with van der Waals surface area (Å²) in [5.41, 5.74) is 7.52. The molecule has 112 valence electrons. The molecule has 4 heteroatoms. The van der Waals surface area contributed by atoms with Crippen LogP contribution in [0.25, 0.3) is 0 Å². The van der Waals surface area contributed by atoms with Crippen molar-refractivity contribution in [3.63, 3.8) is 0 Å². The third-order valence-corrected chi connectivity index (χ3v) is 4.90. The van der Waals surface area contributed by atoms with Crippen LogP contribution in [0.2, 0.25) is 0 Å². The van der Waals surface area contributed by atoms with Gasteiger partial charge in [-0.3, -0.25) is 0 Å². The minimum absolute atomic E-state index is 0.0484. The maximum absolute atomic E-state index is 6.42. The van der Waals surface area contributed by atoms with Gasteiger partial charge in [-0.1, -0.05) is 48.0 Å². The van der Waals surface area contributed by atoms with Crippen LogP contribution in [0.15, 0.2) is 16.6 Å². The van der Waals surface area contributed by atoms with Crippen molar-refractivity contribution in [2.45, 2.75) is 44.6 Å². The third kappa shape index (κ3) is 3.67. The minimum atomic E-state index is 0.0484. The van der Waals surface area contributed by atoms with Crippen LogP contribution in [0.5, 0.6) is 11.5 Å². The Balaban J connectivity index is 2.13. The fourth-order valence-electron chi connectivity index (χ4n) is 3.06. The van der Waals surface area contributed by atoms with E-state index in [0.29, 0.717) is 0 Å². The van der Waals surface area contributed by atoms with Crippen molar-refractivity contribution in [1.82, 2.24) is 0 Å². The van der Waals surface area contributed by atoms with E-state index < -0.39 is 0 Å². The molecule has 1 aromatic rings. The molecule has 2 rings (SSSR count). The lowest BCUT2D eigenvalue weighted by Gasteiger charge is -2.25. The van der Waals surface area contributed by atoms with Crippen molar-refractivity contribution in [1.29, 1.82) is 0 Å². The summed E-state index contributed by atoms with van der Waals surface area (Å²) in [5.74, 6) is 2.23. The highest BCUT2D eigenvalue weighted by Crippen LogP contribution is 2.38. The van der Waals surface area contributed by atoms with E-state index in [1.165, 1.54) is 32.1 Å². The van der Waals surface area contributed by atoms with Gasteiger partial charge in [-0.05, 0) is 30.0 Å². The average molecular weight is 342 g/mol. The molecule has 20 heavy (non-hydrogen) atoms. The summed E-state index contributed by atoms with van der Waals surface area (Å²) in [5, 5.41) is 0. The van der Waals surface area contributed by atoms with Crippen molar-refractivity contribution in [3.8, 4) is 11.5 Å². The quantitative estimate of drug-likeness (QED) is 0.861. The standard InChI is InChI=1S/C16H24BrNO2/c1-19-15-9-12(13(17)10-16(15)20-2)14(18)8-11-6-4-3-5-7-11/h9-11,14H,3-8,18H2,1-2H3. The molecule has 2 N–H and O–H groups in total. The normalized spacial score (nSPS) is 17.8. The molecule has 0 amide bonds. The summed E-state index contributed by atoms with van der Waals surface area (Å²) >= 11 is 3.60. The first-order valence-corrected chi connectivity index (χ1v) is 8.12. The van der Waals surface area contributed by atoms with Crippen molar-refractivity contribution in [2.24, 2.45) is 11.7 Å². The molecule has 1 aliphatic carbocycles. The molecule has 3 nitrogen and oxygen atoms in total. The number of halogens is 1. The Morgan fingerprint density at radius 1 is 1.15 bits per heavy atom. The van der Waals surface area contributed by atoms with Gasteiger partial charge in [0.15, 0.2) is 11.5 Å². The first-order chi connectivity index (χ1) is 9.65. The highest BCUT2D eigenvalue weighted by Gasteiger charge is 2.20. The minimum Gasteiger partial charge on any atom is -0.493 e. The number of methoxy groups -OCH3 is 2. The highest BCUT2D eigenvalue weighted by molar-refractivity contribution is 9.10. The number of hydrogen-bond donors (Lipinski definition) is 1. The summed E-state index contributed by atoms with van der Waals surface area (Å²) in [7, 11) is 3.30. The van der Waals surface area contributed by atoms with E-state index >= 15 is 0 Å². The van der Waals surface area contributed by atoms with Crippen LogP contribution in [0, 0.1) is 5.92 Å². The Labute approximate surface area is 130 Å². The fraction of sp³-hybridized carbons (Fsp3) is 0.625. The Morgan fingerprint density at radius 2 is 1.75 bits per heavy atom. The van der Waals surface area contributed by atoms with Gasteiger partial charge in [0.1, 0.15) is 0 Å². The molecule has 0 saturated heterocycles. The summed E-state index contributed by atoms with van der Waals surface area (Å²) in [6, 6.07) is 3.98. The van der Waals surface area contributed by atoms with Gasteiger partial charge in [-0.15, -0.1) is 0 Å². The number of benzene rings is 1. The molecule has 0 aliphatic heterocycles. The molecule has 0 radical (unpaired) electrons. The number of hydrogen-bond acceptors (Lipinski definition) is 3. The van der Waals surface area contributed by atoms with Crippen LogP contribution >= 0.6 is 15.9 Å².